The number of hydrogen-bond donors (Lipinski definition) is 1. The summed E-state index contributed by atoms with van der Waals surface area (Å²) in [7, 11) is 0. The zero-order chi connectivity index (χ0) is 13.9. The molecule has 1 rings (SSSR count). The lowest BCUT2D eigenvalue weighted by atomic mass is 9.92. The van der Waals surface area contributed by atoms with Crippen LogP contribution in [0, 0.1) is 9.49 Å². The minimum atomic E-state index is 0.00501. The van der Waals surface area contributed by atoms with E-state index in [0.29, 0.717) is 11.7 Å². The molecule has 0 aliphatic carbocycles. The largest absolute Gasteiger partial charge is 0.383 e. The molecule has 102 valence electrons. The third-order valence-electron chi connectivity index (χ3n) is 2.32. The maximum absolute atomic E-state index is 5.98. The Labute approximate surface area is 128 Å². The van der Waals surface area contributed by atoms with E-state index in [1.807, 2.05) is 11.8 Å². The average molecular weight is 379 g/mol. The molecule has 0 atom stereocenters. The Morgan fingerprint density at radius 1 is 1.28 bits per heavy atom. The summed E-state index contributed by atoms with van der Waals surface area (Å²) >= 11 is 4.10. The molecule has 1 heterocycles. The van der Waals surface area contributed by atoms with Crippen molar-refractivity contribution in [2.45, 2.75) is 45.8 Å². The van der Waals surface area contributed by atoms with Gasteiger partial charge in [0.25, 0.3) is 0 Å². The van der Waals surface area contributed by atoms with Gasteiger partial charge in [-0.3, -0.25) is 0 Å². The molecule has 0 radical (unpaired) electrons. The quantitative estimate of drug-likeness (QED) is 0.808. The molecule has 1 aromatic heterocycles. The maximum Gasteiger partial charge on any atom is 0.140 e. The minimum Gasteiger partial charge on any atom is -0.383 e. The molecule has 0 amide bonds. The van der Waals surface area contributed by atoms with Crippen molar-refractivity contribution in [3.63, 3.8) is 0 Å². The molecule has 0 saturated heterocycles. The van der Waals surface area contributed by atoms with Gasteiger partial charge < -0.3 is 5.73 Å². The molecule has 0 bridgehead atoms. The van der Waals surface area contributed by atoms with Gasteiger partial charge in [0.1, 0.15) is 11.6 Å². The Morgan fingerprint density at radius 2 is 1.89 bits per heavy atom. The predicted molar refractivity (Wildman–Crippen MR) is 88.9 cm³/mol. The summed E-state index contributed by atoms with van der Waals surface area (Å²) in [6.07, 6.45) is 0. The number of halogens is 1. The van der Waals surface area contributed by atoms with Gasteiger partial charge in [0.05, 0.1) is 15.0 Å². The van der Waals surface area contributed by atoms with Crippen molar-refractivity contribution in [1.29, 1.82) is 0 Å². The Morgan fingerprint density at radius 3 is 2.39 bits per heavy atom. The first-order valence-electron chi connectivity index (χ1n) is 6.12. The van der Waals surface area contributed by atoms with Gasteiger partial charge in [-0.1, -0.05) is 34.6 Å². The molecular formula is C13H22IN3S. The smallest absolute Gasteiger partial charge is 0.140 e. The molecule has 0 aromatic carbocycles. The van der Waals surface area contributed by atoms with Crippen molar-refractivity contribution in [1.82, 2.24) is 9.97 Å². The summed E-state index contributed by atoms with van der Waals surface area (Å²) in [5.74, 6) is 4.11. The molecule has 0 spiro atoms. The molecule has 0 fully saturated rings. The van der Waals surface area contributed by atoms with Crippen molar-refractivity contribution >= 4 is 40.2 Å². The van der Waals surface area contributed by atoms with Crippen molar-refractivity contribution in [2.75, 3.05) is 11.5 Å². The summed E-state index contributed by atoms with van der Waals surface area (Å²) in [5, 5.41) is 0. The Kier molecular flexibility index (Phi) is 5.70. The molecular weight excluding hydrogens is 357 g/mol. The number of hydrogen-bond acceptors (Lipinski definition) is 4. The number of thioether (sulfide) groups is 1. The van der Waals surface area contributed by atoms with Crippen LogP contribution in [-0.2, 0) is 11.2 Å². The summed E-state index contributed by atoms with van der Waals surface area (Å²) in [4.78, 5) is 9.06. The van der Waals surface area contributed by atoms with Crippen LogP contribution in [0.3, 0.4) is 0 Å². The van der Waals surface area contributed by atoms with E-state index in [4.69, 9.17) is 5.73 Å². The van der Waals surface area contributed by atoms with Crippen molar-refractivity contribution in [3.8, 4) is 0 Å². The number of anilines is 1. The lowest BCUT2D eigenvalue weighted by Crippen LogP contribution is -2.19. The van der Waals surface area contributed by atoms with Crippen LogP contribution < -0.4 is 5.73 Å². The number of nitrogens with zero attached hydrogens (tertiary/aromatic N) is 2. The highest BCUT2D eigenvalue weighted by Crippen LogP contribution is 2.28. The van der Waals surface area contributed by atoms with Gasteiger partial charge in [0.15, 0.2) is 0 Å². The van der Waals surface area contributed by atoms with E-state index in [0.717, 1.165) is 26.6 Å². The number of rotatable bonds is 4. The number of nitrogens with two attached hydrogens (primary N) is 1. The molecule has 0 aliphatic heterocycles. The first-order valence-corrected chi connectivity index (χ1v) is 8.35. The molecule has 3 nitrogen and oxygen atoms in total. The van der Waals surface area contributed by atoms with E-state index in [1.54, 1.807) is 0 Å². The standard InChI is InChI=1S/C13H22IN3S/c1-8(2)6-18-7-9-16-11(13(3,4)5)10(14)12(15)17-9/h8H,6-7H2,1-5H3,(H2,15,16,17). The van der Waals surface area contributed by atoms with Gasteiger partial charge >= 0.3 is 0 Å². The second-order valence-corrected chi connectivity index (χ2v) is 7.96. The molecule has 1 aromatic rings. The second-order valence-electron chi connectivity index (χ2n) is 5.85. The monoisotopic (exact) mass is 379 g/mol. The van der Waals surface area contributed by atoms with Crippen molar-refractivity contribution in [2.24, 2.45) is 5.92 Å². The summed E-state index contributed by atoms with van der Waals surface area (Å²) in [6, 6.07) is 0. The lowest BCUT2D eigenvalue weighted by molar-refractivity contribution is 0.560. The van der Waals surface area contributed by atoms with Crippen LogP contribution in [0.5, 0.6) is 0 Å². The summed E-state index contributed by atoms with van der Waals surface area (Å²) < 4.78 is 0.984. The Bertz CT molecular complexity index is 413. The highest BCUT2D eigenvalue weighted by Gasteiger charge is 2.22. The van der Waals surface area contributed by atoms with Crippen LogP contribution in [0.4, 0.5) is 5.82 Å². The fourth-order valence-corrected chi connectivity index (χ4v) is 3.41. The van der Waals surface area contributed by atoms with Gasteiger partial charge in [0.2, 0.25) is 0 Å². The lowest BCUT2D eigenvalue weighted by Gasteiger charge is -2.20. The molecule has 0 saturated carbocycles. The maximum atomic E-state index is 5.98. The van der Waals surface area contributed by atoms with Crippen LogP contribution in [-0.4, -0.2) is 15.7 Å². The minimum absolute atomic E-state index is 0.00501. The summed E-state index contributed by atoms with van der Waals surface area (Å²) in [6.45, 7) is 10.9. The van der Waals surface area contributed by atoms with E-state index in [9.17, 15) is 0 Å². The fraction of sp³-hybridized carbons (Fsp3) is 0.692. The van der Waals surface area contributed by atoms with Gasteiger partial charge in [-0.2, -0.15) is 11.8 Å². The molecule has 0 unspecified atom stereocenters. The van der Waals surface area contributed by atoms with E-state index in [-0.39, 0.29) is 5.41 Å². The van der Waals surface area contributed by atoms with Gasteiger partial charge in [0, 0.05) is 5.41 Å². The second kappa shape index (κ2) is 6.41. The molecule has 2 N–H and O–H groups in total. The van der Waals surface area contributed by atoms with Crippen LogP contribution >= 0.6 is 34.4 Å². The van der Waals surface area contributed by atoms with Crippen LogP contribution in [0.1, 0.15) is 46.1 Å². The van der Waals surface area contributed by atoms with Gasteiger partial charge in [-0.25, -0.2) is 9.97 Å². The third-order valence-corrected chi connectivity index (χ3v) is 4.74. The van der Waals surface area contributed by atoms with E-state index in [1.165, 1.54) is 0 Å². The van der Waals surface area contributed by atoms with Crippen LogP contribution in [0.2, 0.25) is 0 Å². The molecule has 5 heteroatoms. The Hall–Kier alpha value is -0.0400. The molecule has 18 heavy (non-hydrogen) atoms. The van der Waals surface area contributed by atoms with Gasteiger partial charge in [-0.15, -0.1) is 0 Å². The average Bonchev–Trinajstić information content (AvgIpc) is 2.20. The summed E-state index contributed by atoms with van der Waals surface area (Å²) in [5.41, 5.74) is 7.04. The zero-order valence-electron chi connectivity index (χ0n) is 11.7. The van der Waals surface area contributed by atoms with E-state index >= 15 is 0 Å². The Balaban J connectivity index is 2.91. The topological polar surface area (TPSA) is 51.8 Å². The van der Waals surface area contributed by atoms with Gasteiger partial charge in [-0.05, 0) is 34.3 Å². The SMILES string of the molecule is CC(C)CSCc1nc(N)c(I)c(C(C)(C)C)n1. The zero-order valence-corrected chi connectivity index (χ0v) is 14.7. The predicted octanol–water partition coefficient (Wildman–Crippen LogP) is 3.85. The third kappa shape index (κ3) is 4.57. The van der Waals surface area contributed by atoms with Crippen molar-refractivity contribution in [3.05, 3.63) is 15.1 Å². The van der Waals surface area contributed by atoms with E-state index in [2.05, 4.69) is 67.2 Å². The van der Waals surface area contributed by atoms with Crippen LogP contribution in [0.25, 0.3) is 0 Å². The fourth-order valence-electron chi connectivity index (χ4n) is 1.46. The first-order chi connectivity index (χ1) is 8.21. The normalized spacial score (nSPS) is 12.2. The van der Waals surface area contributed by atoms with E-state index < -0.39 is 0 Å². The first kappa shape index (κ1) is 16.0. The highest BCUT2D eigenvalue weighted by atomic mass is 127. The number of aromatic nitrogens is 2. The highest BCUT2D eigenvalue weighted by molar-refractivity contribution is 14.1. The number of nitrogen functional groups attached to an aromatic ring is 1. The molecule has 0 aliphatic rings. The van der Waals surface area contributed by atoms with Crippen LogP contribution in [0.15, 0.2) is 0 Å². The van der Waals surface area contributed by atoms with Crippen molar-refractivity contribution < 1.29 is 0 Å².